The lowest BCUT2D eigenvalue weighted by Gasteiger charge is -2.10. The molecule has 1 atom stereocenters. The summed E-state index contributed by atoms with van der Waals surface area (Å²) < 4.78 is 57.9. The van der Waals surface area contributed by atoms with Crippen molar-refractivity contribution in [1.82, 2.24) is 10.3 Å². The number of hydrogen-bond donors (Lipinski definition) is 2. The van der Waals surface area contributed by atoms with E-state index in [0.717, 1.165) is 12.1 Å². The van der Waals surface area contributed by atoms with E-state index in [9.17, 15) is 22.4 Å². The minimum absolute atomic E-state index is 0.172. The highest BCUT2D eigenvalue weighted by Crippen LogP contribution is 2.33. The third-order valence-corrected chi connectivity index (χ3v) is 4.94. The van der Waals surface area contributed by atoms with E-state index in [1.54, 1.807) is 42.6 Å². The number of rotatable bonds is 6. The lowest BCUT2D eigenvalue weighted by Crippen LogP contribution is -2.28. The van der Waals surface area contributed by atoms with E-state index in [1.807, 2.05) is 6.92 Å². The van der Waals surface area contributed by atoms with E-state index in [2.05, 4.69) is 20.6 Å². The largest absolute Gasteiger partial charge is 0.457 e. The smallest absolute Gasteiger partial charge is 0.419 e. The molecule has 0 spiro atoms. The van der Waals surface area contributed by atoms with Gasteiger partial charge in [-0.15, -0.1) is 0 Å². The summed E-state index contributed by atoms with van der Waals surface area (Å²) in [4.78, 5) is 20.9. The molecule has 1 aliphatic rings. The summed E-state index contributed by atoms with van der Waals surface area (Å²) in [5, 5.41) is 5.53. The van der Waals surface area contributed by atoms with Crippen LogP contribution in [0.5, 0.6) is 11.5 Å². The first kappa shape index (κ1) is 23.9. The number of amides is 1. The molecule has 1 aliphatic heterocycles. The second kappa shape index (κ2) is 9.96. The van der Waals surface area contributed by atoms with Gasteiger partial charge in [0.05, 0.1) is 12.1 Å². The number of aliphatic imine (C=N–C) groups is 1. The van der Waals surface area contributed by atoms with Gasteiger partial charge in [-0.1, -0.05) is 12.1 Å². The Morgan fingerprint density at radius 3 is 2.69 bits per heavy atom. The van der Waals surface area contributed by atoms with E-state index < -0.39 is 23.5 Å². The number of alkyl halides is 3. The van der Waals surface area contributed by atoms with E-state index in [1.165, 1.54) is 6.08 Å². The Labute approximate surface area is 198 Å². The van der Waals surface area contributed by atoms with Crippen LogP contribution in [0, 0.1) is 5.82 Å². The fourth-order valence-corrected chi connectivity index (χ4v) is 3.31. The highest BCUT2D eigenvalue weighted by atomic mass is 19.4. The van der Waals surface area contributed by atoms with Crippen molar-refractivity contribution >= 4 is 23.5 Å². The Hall–Kier alpha value is -4.21. The maximum Gasteiger partial charge on any atom is 0.419 e. The predicted molar refractivity (Wildman–Crippen MR) is 124 cm³/mol. The van der Waals surface area contributed by atoms with Gasteiger partial charge in [0.25, 0.3) is 0 Å². The third kappa shape index (κ3) is 6.23. The lowest BCUT2D eigenvalue weighted by molar-refractivity contribution is -0.140. The van der Waals surface area contributed by atoms with Crippen LogP contribution in [-0.2, 0) is 11.0 Å². The van der Waals surface area contributed by atoms with Crippen LogP contribution >= 0.6 is 0 Å². The summed E-state index contributed by atoms with van der Waals surface area (Å²) in [5.74, 6) is -0.322. The Balaban J connectivity index is 1.42. The van der Waals surface area contributed by atoms with Crippen molar-refractivity contribution in [3.63, 3.8) is 0 Å². The van der Waals surface area contributed by atoms with Crippen molar-refractivity contribution in [1.29, 1.82) is 0 Å². The van der Waals surface area contributed by atoms with Crippen molar-refractivity contribution in [3.8, 4) is 11.5 Å². The number of anilines is 1. The van der Waals surface area contributed by atoms with Crippen molar-refractivity contribution in [2.45, 2.75) is 19.1 Å². The van der Waals surface area contributed by atoms with Crippen LogP contribution in [0.1, 0.15) is 23.7 Å². The van der Waals surface area contributed by atoms with Gasteiger partial charge < -0.3 is 15.4 Å². The number of ether oxygens (including phenoxy) is 1. The molecule has 0 saturated heterocycles. The number of carbonyl (C=O) groups is 1. The van der Waals surface area contributed by atoms with Gasteiger partial charge in [0.1, 0.15) is 28.8 Å². The second-order valence-corrected chi connectivity index (χ2v) is 7.80. The number of carbonyl (C=O) groups excluding carboxylic acids is 1. The molecule has 6 nitrogen and oxygen atoms in total. The standard InChI is InChI=1S/C25H20F4N4O2/c1-15-14-31-24(32-15)22-13-19(9-10-30-22)35-18-4-2-3-16(11-18)5-8-23(34)33-17-6-7-21(26)20(12-17)25(27,28)29/h2-13,15H,14H2,1H3,(H,31,32)(H,33,34)/t15-/m1/s1. The first-order chi connectivity index (χ1) is 16.7. The van der Waals surface area contributed by atoms with Crippen LogP contribution in [0.3, 0.4) is 0 Å². The van der Waals surface area contributed by atoms with Crippen LogP contribution in [0.4, 0.5) is 23.2 Å². The SMILES string of the molecule is C[C@@H]1CN=C(c2cc(Oc3cccc(C=CC(=O)Nc4ccc(F)c(C(F)(F)F)c4)c3)ccn2)N1. The summed E-state index contributed by atoms with van der Waals surface area (Å²) in [6, 6.07) is 12.9. The van der Waals surface area contributed by atoms with Crippen molar-refractivity contribution < 1.29 is 27.1 Å². The first-order valence-corrected chi connectivity index (χ1v) is 10.6. The number of aromatic nitrogens is 1. The minimum atomic E-state index is -4.86. The summed E-state index contributed by atoms with van der Waals surface area (Å²) in [5.41, 5.74) is -0.338. The summed E-state index contributed by atoms with van der Waals surface area (Å²) in [6.45, 7) is 2.70. The maximum absolute atomic E-state index is 13.4. The van der Waals surface area contributed by atoms with Crippen molar-refractivity contribution in [3.05, 3.63) is 89.5 Å². The topological polar surface area (TPSA) is 75.6 Å². The molecule has 0 saturated carbocycles. The third-order valence-electron chi connectivity index (χ3n) is 4.94. The van der Waals surface area contributed by atoms with Gasteiger partial charge in [-0.05, 0) is 55.0 Å². The number of amidine groups is 1. The molecule has 2 aromatic carbocycles. The molecule has 0 radical (unpaired) electrons. The van der Waals surface area contributed by atoms with Gasteiger partial charge in [-0.25, -0.2) is 4.39 Å². The molecule has 35 heavy (non-hydrogen) atoms. The van der Waals surface area contributed by atoms with E-state index in [-0.39, 0.29) is 11.7 Å². The molecule has 2 heterocycles. The molecule has 10 heteroatoms. The normalized spacial score (nSPS) is 15.6. The lowest BCUT2D eigenvalue weighted by atomic mass is 10.1. The molecule has 0 bridgehead atoms. The molecule has 180 valence electrons. The Morgan fingerprint density at radius 2 is 1.94 bits per heavy atom. The Bertz CT molecular complexity index is 1300. The van der Waals surface area contributed by atoms with Crippen LogP contribution in [0.2, 0.25) is 0 Å². The Kier molecular flexibility index (Phi) is 6.81. The zero-order valence-electron chi connectivity index (χ0n) is 18.4. The highest BCUT2D eigenvalue weighted by Gasteiger charge is 2.34. The number of benzene rings is 2. The molecule has 2 N–H and O–H groups in total. The van der Waals surface area contributed by atoms with Gasteiger partial charge in [0.15, 0.2) is 0 Å². The van der Waals surface area contributed by atoms with Gasteiger partial charge in [0, 0.05) is 30.1 Å². The molecule has 0 fully saturated rings. The quantitative estimate of drug-likeness (QED) is 0.362. The number of nitrogens with zero attached hydrogens (tertiary/aromatic N) is 2. The average Bonchev–Trinajstić information content (AvgIpc) is 3.25. The van der Waals surface area contributed by atoms with Crippen LogP contribution in [-0.4, -0.2) is 29.3 Å². The maximum atomic E-state index is 13.4. The van der Waals surface area contributed by atoms with Gasteiger partial charge in [-0.2, -0.15) is 13.2 Å². The van der Waals surface area contributed by atoms with Gasteiger partial charge in [0.2, 0.25) is 5.91 Å². The zero-order valence-corrected chi connectivity index (χ0v) is 18.4. The minimum Gasteiger partial charge on any atom is -0.457 e. The summed E-state index contributed by atoms with van der Waals surface area (Å²) >= 11 is 0. The number of hydrogen-bond acceptors (Lipinski definition) is 5. The first-order valence-electron chi connectivity index (χ1n) is 10.6. The fourth-order valence-electron chi connectivity index (χ4n) is 3.31. The monoisotopic (exact) mass is 484 g/mol. The Morgan fingerprint density at radius 1 is 1.14 bits per heavy atom. The van der Waals surface area contributed by atoms with Gasteiger partial charge in [-0.3, -0.25) is 14.8 Å². The fraction of sp³-hybridized carbons (Fsp3) is 0.160. The molecular weight excluding hydrogens is 464 g/mol. The van der Waals surface area contributed by atoms with E-state index in [4.69, 9.17) is 4.74 Å². The van der Waals surface area contributed by atoms with Crippen molar-refractivity contribution in [2.24, 2.45) is 4.99 Å². The number of nitrogens with one attached hydrogen (secondary N) is 2. The van der Waals surface area contributed by atoms with E-state index in [0.29, 0.717) is 47.3 Å². The average molecular weight is 484 g/mol. The summed E-state index contributed by atoms with van der Waals surface area (Å²) in [7, 11) is 0. The second-order valence-electron chi connectivity index (χ2n) is 7.80. The van der Waals surface area contributed by atoms with Gasteiger partial charge >= 0.3 is 6.18 Å². The molecular formula is C25H20F4N4O2. The number of pyridine rings is 1. The zero-order chi connectivity index (χ0) is 25.0. The van der Waals surface area contributed by atoms with Crippen LogP contribution in [0.15, 0.2) is 71.9 Å². The molecule has 1 amide bonds. The van der Waals surface area contributed by atoms with E-state index >= 15 is 0 Å². The molecule has 4 rings (SSSR count). The number of halogens is 4. The molecule has 0 aliphatic carbocycles. The summed E-state index contributed by atoms with van der Waals surface area (Å²) in [6.07, 6.45) is -0.611. The van der Waals surface area contributed by atoms with Crippen LogP contribution in [0.25, 0.3) is 6.08 Å². The van der Waals surface area contributed by atoms with Crippen molar-refractivity contribution in [2.75, 3.05) is 11.9 Å². The molecule has 0 unspecified atom stereocenters. The van der Waals surface area contributed by atoms with Crippen LogP contribution < -0.4 is 15.4 Å². The predicted octanol–water partition coefficient (Wildman–Crippen LogP) is 5.42. The highest BCUT2D eigenvalue weighted by molar-refractivity contribution is 6.02. The molecule has 3 aromatic rings. The molecule has 1 aromatic heterocycles.